The van der Waals surface area contributed by atoms with Gasteiger partial charge in [0.2, 0.25) is 0 Å². The summed E-state index contributed by atoms with van der Waals surface area (Å²) in [6.45, 7) is 2.01. The zero-order valence-corrected chi connectivity index (χ0v) is 13.7. The van der Waals surface area contributed by atoms with Crippen LogP contribution in [0.2, 0.25) is 0 Å². The smallest absolute Gasteiger partial charge is 0.303 e. The van der Waals surface area contributed by atoms with Crippen molar-refractivity contribution >= 4 is 5.97 Å². The maximum Gasteiger partial charge on any atom is 0.303 e. The number of hydrogen-bond donors (Lipinski definition) is 1. The van der Waals surface area contributed by atoms with Crippen molar-refractivity contribution in [3.05, 3.63) is 48.0 Å². The molecule has 0 aliphatic rings. The van der Waals surface area contributed by atoms with Gasteiger partial charge in [-0.3, -0.25) is 4.79 Å². The molecule has 23 heavy (non-hydrogen) atoms. The first-order valence-corrected chi connectivity index (χ1v) is 7.63. The standard InChI is InChI=1S/C19H22O4/c1-4-13(12-19(20)21)14-5-7-15(8-6-14)16-9-10-17(22-2)18(11-16)23-3/h5-11,13H,4,12H2,1-3H3,(H,20,21). The second-order valence-corrected chi connectivity index (χ2v) is 5.39. The van der Waals surface area contributed by atoms with Gasteiger partial charge in [0.25, 0.3) is 0 Å². The van der Waals surface area contributed by atoms with E-state index in [1.54, 1.807) is 14.2 Å². The minimum Gasteiger partial charge on any atom is -0.493 e. The van der Waals surface area contributed by atoms with Gasteiger partial charge < -0.3 is 14.6 Å². The number of carboxylic acid groups (broad SMARTS) is 1. The molecular formula is C19H22O4. The molecule has 2 aromatic rings. The lowest BCUT2D eigenvalue weighted by Gasteiger charge is -2.14. The van der Waals surface area contributed by atoms with E-state index >= 15 is 0 Å². The van der Waals surface area contributed by atoms with Crippen molar-refractivity contribution in [2.24, 2.45) is 0 Å². The van der Waals surface area contributed by atoms with Gasteiger partial charge in [0, 0.05) is 0 Å². The molecule has 0 saturated carbocycles. The van der Waals surface area contributed by atoms with E-state index in [0.29, 0.717) is 11.5 Å². The van der Waals surface area contributed by atoms with Gasteiger partial charge in [-0.1, -0.05) is 37.3 Å². The van der Waals surface area contributed by atoms with E-state index in [0.717, 1.165) is 23.1 Å². The van der Waals surface area contributed by atoms with Crippen molar-refractivity contribution in [3.8, 4) is 22.6 Å². The molecule has 0 saturated heterocycles. The highest BCUT2D eigenvalue weighted by Gasteiger charge is 2.14. The first kappa shape index (κ1) is 16.9. The molecular weight excluding hydrogens is 292 g/mol. The van der Waals surface area contributed by atoms with Crippen molar-refractivity contribution in [2.45, 2.75) is 25.7 Å². The third kappa shape index (κ3) is 4.03. The summed E-state index contributed by atoms with van der Waals surface area (Å²) < 4.78 is 10.6. The molecule has 1 N–H and O–H groups in total. The molecule has 0 aromatic heterocycles. The molecule has 0 aliphatic carbocycles. The van der Waals surface area contributed by atoms with Crippen LogP contribution in [0.4, 0.5) is 0 Å². The van der Waals surface area contributed by atoms with E-state index in [9.17, 15) is 4.79 Å². The summed E-state index contributed by atoms with van der Waals surface area (Å²) in [5.74, 6) is 0.666. The summed E-state index contributed by atoms with van der Waals surface area (Å²) in [5, 5.41) is 8.99. The zero-order chi connectivity index (χ0) is 16.8. The van der Waals surface area contributed by atoms with Crippen LogP contribution in [-0.4, -0.2) is 25.3 Å². The molecule has 0 amide bonds. The maximum absolute atomic E-state index is 10.9. The summed E-state index contributed by atoms with van der Waals surface area (Å²) in [6, 6.07) is 13.8. The Morgan fingerprint density at radius 1 is 1.00 bits per heavy atom. The highest BCUT2D eigenvalue weighted by Crippen LogP contribution is 2.33. The third-order valence-corrected chi connectivity index (χ3v) is 4.01. The summed E-state index contributed by atoms with van der Waals surface area (Å²) in [7, 11) is 3.22. The van der Waals surface area contributed by atoms with Gasteiger partial charge in [-0.25, -0.2) is 0 Å². The predicted molar refractivity (Wildman–Crippen MR) is 90.3 cm³/mol. The Morgan fingerprint density at radius 2 is 1.61 bits per heavy atom. The van der Waals surface area contributed by atoms with Crippen LogP contribution in [0.25, 0.3) is 11.1 Å². The van der Waals surface area contributed by atoms with Crippen LogP contribution in [0.15, 0.2) is 42.5 Å². The van der Waals surface area contributed by atoms with Crippen LogP contribution in [0, 0.1) is 0 Å². The van der Waals surface area contributed by atoms with E-state index in [2.05, 4.69) is 0 Å². The van der Waals surface area contributed by atoms with E-state index in [4.69, 9.17) is 14.6 Å². The number of aliphatic carboxylic acids is 1. The fraction of sp³-hybridized carbons (Fsp3) is 0.316. The molecule has 2 rings (SSSR count). The maximum atomic E-state index is 10.9. The van der Waals surface area contributed by atoms with Crippen molar-refractivity contribution < 1.29 is 19.4 Å². The highest BCUT2D eigenvalue weighted by atomic mass is 16.5. The van der Waals surface area contributed by atoms with Gasteiger partial charge in [0.05, 0.1) is 20.6 Å². The van der Waals surface area contributed by atoms with Crippen LogP contribution in [0.3, 0.4) is 0 Å². The van der Waals surface area contributed by atoms with Crippen LogP contribution in [-0.2, 0) is 4.79 Å². The van der Waals surface area contributed by atoms with Crippen LogP contribution in [0.5, 0.6) is 11.5 Å². The van der Waals surface area contributed by atoms with E-state index in [1.165, 1.54) is 0 Å². The fourth-order valence-corrected chi connectivity index (χ4v) is 2.67. The molecule has 0 fully saturated rings. The average molecular weight is 314 g/mol. The van der Waals surface area contributed by atoms with Gasteiger partial charge in [0.15, 0.2) is 11.5 Å². The average Bonchev–Trinajstić information content (AvgIpc) is 2.59. The lowest BCUT2D eigenvalue weighted by atomic mass is 9.92. The topological polar surface area (TPSA) is 55.8 Å². The first-order chi connectivity index (χ1) is 11.1. The Balaban J connectivity index is 2.27. The summed E-state index contributed by atoms with van der Waals surface area (Å²) in [6.07, 6.45) is 0.966. The van der Waals surface area contributed by atoms with Crippen molar-refractivity contribution in [3.63, 3.8) is 0 Å². The molecule has 1 atom stereocenters. The molecule has 4 nitrogen and oxygen atoms in total. The molecule has 0 bridgehead atoms. The summed E-state index contributed by atoms with van der Waals surface area (Å²) >= 11 is 0. The predicted octanol–water partition coefficient (Wildman–Crippen LogP) is 4.34. The lowest BCUT2D eigenvalue weighted by Crippen LogP contribution is -2.05. The highest BCUT2D eigenvalue weighted by molar-refractivity contribution is 5.69. The number of carbonyl (C=O) groups is 1. The number of carboxylic acids is 1. The molecule has 0 radical (unpaired) electrons. The number of benzene rings is 2. The Morgan fingerprint density at radius 3 is 2.13 bits per heavy atom. The fourth-order valence-electron chi connectivity index (χ4n) is 2.67. The Kier molecular flexibility index (Phi) is 5.63. The monoisotopic (exact) mass is 314 g/mol. The Bertz CT molecular complexity index is 662. The van der Waals surface area contributed by atoms with Crippen LogP contribution >= 0.6 is 0 Å². The number of ether oxygens (including phenoxy) is 2. The largest absolute Gasteiger partial charge is 0.493 e. The Hall–Kier alpha value is -2.49. The Labute approximate surface area is 136 Å². The summed E-state index contributed by atoms with van der Waals surface area (Å²) in [5.41, 5.74) is 3.14. The SMILES string of the molecule is CCC(CC(=O)O)c1ccc(-c2ccc(OC)c(OC)c2)cc1. The zero-order valence-electron chi connectivity index (χ0n) is 13.7. The van der Waals surface area contributed by atoms with E-state index < -0.39 is 5.97 Å². The van der Waals surface area contributed by atoms with Crippen LogP contribution in [0.1, 0.15) is 31.2 Å². The molecule has 122 valence electrons. The van der Waals surface area contributed by atoms with Crippen molar-refractivity contribution in [1.29, 1.82) is 0 Å². The minimum absolute atomic E-state index is 0.0481. The molecule has 1 unspecified atom stereocenters. The number of methoxy groups -OCH3 is 2. The van der Waals surface area contributed by atoms with Gasteiger partial charge in [-0.05, 0) is 41.2 Å². The second-order valence-electron chi connectivity index (χ2n) is 5.39. The van der Waals surface area contributed by atoms with E-state index in [1.807, 2.05) is 49.4 Å². The minimum atomic E-state index is -0.763. The van der Waals surface area contributed by atoms with Gasteiger partial charge >= 0.3 is 5.97 Å². The number of hydrogen-bond acceptors (Lipinski definition) is 3. The van der Waals surface area contributed by atoms with Crippen molar-refractivity contribution in [1.82, 2.24) is 0 Å². The normalized spacial score (nSPS) is 11.8. The van der Waals surface area contributed by atoms with Gasteiger partial charge in [-0.15, -0.1) is 0 Å². The molecule has 0 heterocycles. The lowest BCUT2D eigenvalue weighted by molar-refractivity contribution is -0.137. The molecule has 4 heteroatoms. The third-order valence-electron chi connectivity index (χ3n) is 4.01. The molecule has 0 aliphatic heterocycles. The molecule has 2 aromatic carbocycles. The van der Waals surface area contributed by atoms with Crippen molar-refractivity contribution in [2.75, 3.05) is 14.2 Å². The van der Waals surface area contributed by atoms with E-state index in [-0.39, 0.29) is 12.3 Å². The van der Waals surface area contributed by atoms with Gasteiger partial charge in [0.1, 0.15) is 0 Å². The van der Waals surface area contributed by atoms with Gasteiger partial charge in [-0.2, -0.15) is 0 Å². The van der Waals surface area contributed by atoms with Crippen LogP contribution < -0.4 is 9.47 Å². The quantitative estimate of drug-likeness (QED) is 0.826. The number of rotatable bonds is 7. The first-order valence-electron chi connectivity index (χ1n) is 7.63. The second kappa shape index (κ2) is 7.68. The summed E-state index contributed by atoms with van der Waals surface area (Å²) in [4.78, 5) is 10.9. The molecule has 0 spiro atoms.